The number of carbonyl (C=O) groups is 1. The van der Waals surface area contributed by atoms with E-state index in [4.69, 9.17) is 18.5 Å². The smallest absolute Gasteiger partial charge is 0.457 e. The number of phosphoric ester groups is 1. The molecular weight excluding hydrogens is 685 g/mol. The first-order valence-electron chi connectivity index (χ1n) is 22.8. The number of hydrogen-bond acceptors (Lipinski definition) is 6. The summed E-state index contributed by atoms with van der Waals surface area (Å²) in [6.45, 7) is 5.65. The Kier molecular flexibility index (Phi) is 38.0. The fourth-order valence-corrected chi connectivity index (χ4v) is 7.35. The number of rotatable bonds is 43. The van der Waals surface area contributed by atoms with Crippen LogP contribution in [0.3, 0.4) is 0 Å². The van der Waals surface area contributed by atoms with Crippen LogP contribution in [0.5, 0.6) is 0 Å². The van der Waals surface area contributed by atoms with Crippen LogP contribution in [0.2, 0.25) is 0 Å². The molecule has 53 heavy (non-hydrogen) atoms. The Morgan fingerprint density at radius 1 is 0.509 bits per heavy atom. The molecule has 0 bridgehead atoms. The maximum Gasteiger partial charge on any atom is 0.472 e. The summed E-state index contributed by atoms with van der Waals surface area (Å²) in [4.78, 5) is 22.8. The summed E-state index contributed by atoms with van der Waals surface area (Å²) in [6.07, 6.45) is 40.1. The molecule has 0 spiro atoms. The van der Waals surface area contributed by atoms with E-state index in [1.165, 1.54) is 167 Å². The second kappa shape index (κ2) is 38.4. The number of likely N-dealkylation sites (N-methyl/N-ethyl adjacent to an activating group) is 1. The van der Waals surface area contributed by atoms with Gasteiger partial charge in [-0.1, -0.05) is 200 Å². The highest BCUT2D eigenvalue weighted by Gasteiger charge is 2.26. The number of esters is 1. The fourth-order valence-electron chi connectivity index (χ4n) is 6.61. The van der Waals surface area contributed by atoms with Crippen molar-refractivity contribution in [1.29, 1.82) is 0 Å². The van der Waals surface area contributed by atoms with Crippen LogP contribution in [0.4, 0.5) is 0 Å². The van der Waals surface area contributed by atoms with Crippen LogP contribution in [0.25, 0.3) is 0 Å². The van der Waals surface area contributed by atoms with Crippen LogP contribution < -0.4 is 0 Å². The van der Waals surface area contributed by atoms with Crippen LogP contribution in [0, 0.1) is 0 Å². The Bertz CT molecular complexity index is 822. The molecule has 0 aromatic rings. The third-order valence-corrected chi connectivity index (χ3v) is 11.2. The van der Waals surface area contributed by atoms with Gasteiger partial charge in [-0.2, -0.15) is 0 Å². The molecule has 0 aliphatic carbocycles. The van der Waals surface area contributed by atoms with Gasteiger partial charge < -0.3 is 18.9 Å². The van der Waals surface area contributed by atoms with Crippen molar-refractivity contribution in [2.45, 2.75) is 225 Å². The van der Waals surface area contributed by atoms with Crippen molar-refractivity contribution in [3.05, 3.63) is 0 Å². The minimum absolute atomic E-state index is 0.0935. The number of carbonyl (C=O) groups excluding carboxylic acids is 1. The van der Waals surface area contributed by atoms with Gasteiger partial charge in [0.25, 0.3) is 0 Å². The van der Waals surface area contributed by atoms with Crippen molar-refractivity contribution in [3.8, 4) is 0 Å². The van der Waals surface area contributed by atoms with Crippen molar-refractivity contribution in [2.75, 3.05) is 54.1 Å². The van der Waals surface area contributed by atoms with Gasteiger partial charge in [0.05, 0.1) is 34.4 Å². The quantitative estimate of drug-likeness (QED) is 0.0285. The van der Waals surface area contributed by atoms with Crippen molar-refractivity contribution in [1.82, 2.24) is 0 Å². The molecule has 0 heterocycles. The van der Waals surface area contributed by atoms with Crippen LogP contribution >= 0.6 is 7.82 Å². The highest BCUT2D eigenvalue weighted by Crippen LogP contribution is 2.43. The van der Waals surface area contributed by atoms with Crippen LogP contribution in [0.15, 0.2) is 0 Å². The third-order valence-electron chi connectivity index (χ3n) is 10.2. The highest BCUT2D eigenvalue weighted by molar-refractivity contribution is 7.47. The number of phosphoric acid groups is 1. The number of ether oxygens (including phenoxy) is 2. The van der Waals surface area contributed by atoms with Gasteiger partial charge in [0.1, 0.15) is 19.3 Å². The van der Waals surface area contributed by atoms with Gasteiger partial charge in [-0.05, 0) is 12.8 Å². The Balaban J connectivity index is 3.98. The van der Waals surface area contributed by atoms with Gasteiger partial charge in [-0.15, -0.1) is 0 Å². The largest absolute Gasteiger partial charge is 0.472 e. The van der Waals surface area contributed by atoms with Gasteiger partial charge in [-0.3, -0.25) is 13.8 Å². The number of nitrogens with zero attached hydrogens (tertiary/aromatic N) is 1. The lowest BCUT2D eigenvalue weighted by Gasteiger charge is -2.24. The molecule has 0 rings (SSSR count). The molecule has 0 aromatic heterocycles. The first-order chi connectivity index (χ1) is 25.6. The molecule has 0 saturated carbocycles. The summed E-state index contributed by atoms with van der Waals surface area (Å²) in [5.41, 5.74) is 0. The molecule has 0 radical (unpaired) electrons. The standard InChI is InChI=1S/C44H90NO7P/c1-6-8-10-12-14-16-17-18-19-20-21-22-23-24-25-26-27-28-29-30-31-33-35-37-44(46)52-43(41-49-39-36-34-32-15-13-11-9-7-2)42-51-53(47,48)50-40-38-45(3,4)5/h43H,6-42H2,1-5H3/p+1. The molecule has 1 N–H and O–H groups in total. The average Bonchev–Trinajstić information content (AvgIpc) is 3.11. The zero-order valence-electron chi connectivity index (χ0n) is 36.0. The first kappa shape index (κ1) is 52.5. The molecule has 8 nitrogen and oxygen atoms in total. The van der Waals surface area contributed by atoms with Crippen molar-refractivity contribution >= 4 is 13.8 Å². The maximum absolute atomic E-state index is 12.7. The average molecular weight is 777 g/mol. The molecule has 318 valence electrons. The van der Waals surface area contributed by atoms with Gasteiger partial charge in [-0.25, -0.2) is 4.57 Å². The van der Waals surface area contributed by atoms with E-state index in [0.717, 1.165) is 32.1 Å². The molecule has 0 aliphatic heterocycles. The predicted molar refractivity (Wildman–Crippen MR) is 224 cm³/mol. The second-order valence-corrected chi connectivity index (χ2v) is 18.3. The summed E-state index contributed by atoms with van der Waals surface area (Å²) in [6, 6.07) is 0. The molecule has 0 saturated heterocycles. The summed E-state index contributed by atoms with van der Waals surface area (Å²) in [5.74, 6) is -0.309. The summed E-state index contributed by atoms with van der Waals surface area (Å²) >= 11 is 0. The van der Waals surface area contributed by atoms with Gasteiger partial charge in [0.2, 0.25) is 0 Å². The van der Waals surface area contributed by atoms with E-state index in [-0.39, 0.29) is 25.8 Å². The molecular formula is C44H91NO7P+. The first-order valence-corrected chi connectivity index (χ1v) is 24.3. The molecule has 0 amide bonds. The number of quaternary nitrogens is 1. The minimum atomic E-state index is -4.26. The normalized spacial score (nSPS) is 13.7. The van der Waals surface area contributed by atoms with E-state index in [9.17, 15) is 14.3 Å². The van der Waals surface area contributed by atoms with E-state index in [1.807, 2.05) is 21.1 Å². The van der Waals surface area contributed by atoms with Crippen molar-refractivity contribution in [3.63, 3.8) is 0 Å². The SMILES string of the molecule is CCCCCCCCCCCCCCCCCCCCCCCCCC(=O)OC(COCCCCCCCCCC)COP(=O)(O)OCC[N+](C)(C)C. The van der Waals surface area contributed by atoms with Crippen LogP contribution in [0.1, 0.15) is 219 Å². The molecule has 0 aromatic carbocycles. The monoisotopic (exact) mass is 777 g/mol. The lowest BCUT2D eigenvalue weighted by molar-refractivity contribution is -0.870. The van der Waals surface area contributed by atoms with Gasteiger partial charge in [0, 0.05) is 13.0 Å². The third kappa shape index (κ3) is 42.5. The van der Waals surface area contributed by atoms with Crippen molar-refractivity contribution in [2.24, 2.45) is 0 Å². The fraction of sp³-hybridized carbons (Fsp3) is 0.977. The molecule has 2 atom stereocenters. The van der Waals surface area contributed by atoms with E-state index in [1.54, 1.807) is 0 Å². The van der Waals surface area contributed by atoms with Gasteiger partial charge >= 0.3 is 13.8 Å². The lowest BCUT2D eigenvalue weighted by atomic mass is 10.0. The topological polar surface area (TPSA) is 91.3 Å². The Hall–Kier alpha value is -0.500. The van der Waals surface area contributed by atoms with E-state index < -0.39 is 13.9 Å². The van der Waals surface area contributed by atoms with Crippen LogP contribution in [-0.2, 0) is 27.9 Å². The molecule has 9 heteroatoms. The Morgan fingerprint density at radius 2 is 0.868 bits per heavy atom. The summed E-state index contributed by atoms with van der Waals surface area (Å²) in [7, 11) is 1.68. The lowest BCUT2D eigenvalue weighted by Crippen LogP contribution is -2.37. The number of unbranched alkanes of at least 4 members (excludes halogenated alkanes) is 29. The predicted octanol–water partition coefficient (Wildman–Crippen LogP) is 13.3. The summed E-state index contributed by atoms with van der Waals surface area (Å²) in [5, 5.41) is 0. The second-order valence-electron chi connectivity index (χ2n) is 16.8. The molecule has 2 unspecified atom stereocenters. The zero-order chi connectivity index (χ0) is 39.1. The minimum Gasteiger partial charge on any atom is -0.457 e. The number of hydrogen-bond donors (Lipinski definition) is 1. The van der Waals surface area contributed by atoms with Crippen molar-refractivity contribution < 1.29 is 37.3 Å². The summed E-state index contributed by atoms with van der Waals surface area (Å²) < 4.78 is 34.9. The highest BCUT2D eigenvalue weighted by atomic mass is 31.2. The molecule has 0 fully saturated rings. The van der Waals surface area contributed by atoms with Crippen LogP contribution in [-0.4, -0.2) is 75.6 Å². The zero-order valence-corrected chi connectivity index (χ0v) is 36.9. The maximum atomic E-state index is 12.7. The Morgan fingerprint density at radius 3 is 1.25 bits per heavy atom. The van der Waals surface area contributed by atoms with E-state index in [2.05, 4.69) is 13.8 Å². The Labute approximate surface area is 329 Å². The van der Waals surface area contributed by atoms with Gasteiger partial charge in [0.15, 0.2) is 0 Å². The molecule has 0 aliphatic rings. The van der Waals surface area contributed by atoms with E-state index >= 15 is 0 Å². The van der Waals surface area contributed by atoms with E-state index in [0.29, 0.717) is 24.1 Å².